The lowest BCUT2D eigenvalue weighted by atomic mass is 10.0. The highest BCUT2D eigenvalue weighted by Gasteiger charge is 2.39. The van der Waals surface area contributed by atoms with E-state index in [9.17, 15) is 52.7 Å². The maximum atomic E-state index is 12.6. The number of pyridine rings is 2. The van der Waals surface area contributed by atoms with Crippen LogP contribution in [0, 0.1) is 0 Å². The molecule has 2 aliphatic rings. The number of para-hydroxylation sites is 3. The fraction of sp³-hybridized carbons (Fsp3) is 0.0172. The smallest absolute Gasteiger partial charge is 0.306 e. The molecular weight excluding hydrogens is 1020 g/mol. The molecular formula is C58H43ClN8O11. The lowest BCUT2D eigenvalue weighted by Crippen LogP contribution is -2.35. The molecule has 6 N–H and O–H groups in total. The van der Waals surface area contributed by atoms with Gasteiger partial charge in [0.2, 0.25) is 11.6 Å². The van der Waals surface area contributed by atoms with Crippen LogP contribution in [0.15, 0.2) is 213 Å². The summed E-state index contributed by atoms with van der Waals surface area (Å²) in [4.78, 5) is 137. The number of imide groups is 1. The van der Waals surface area contributed by atoms with E-state index in [0.717, 1.165) is 4.90 Å². The lowest BCUT2D eigenvalue weighted by Gasteiger charge is -2.14. The third-order valence-electron chi connectivity index (χ3n) is 10.8. The molecule has 0 radical (unpaired) electrons. The van der Waals surface area contributed by atoms with E-state index in [-0.39, 0.29) is 22.7 Å². The summed E-state index contributed by atoms with van der Waals surface area (Å²) < 4.78 is 0. The van der Waals surface area contributed by atoms with Crippen LogP contribution in [0.3, 0.4) is 0 Å². The number of rotatable bonds is 10. The van der Waals surface area contributed by atoms with Crippen molar-refractivity contribution in [2.75, 3.05) is 22.1 Å². The molecule has 8 aromatic rings. The molecule has 6 aromatic carbocycles. The number of nitrogens with two attached hydrogens (primary N) is 1. The molecule has 78 heavy (non-hydrogen) atoms. The maximum absolute atomic E-state index is 12.6. The van der Waals surface area contributed by atoms with Gasteiger partial charge in [0.05, 0.1) is 34.7 Å². The predicted octanol–water partition coefficient (Wildman–Crippen LogP) is 7.14. The molecule has 2 aromatic heterocycles. The molecule has 0 saturated heterocycles. The molecule has 0 aliphatic carbocycles. The Morgan fingerprint density at radius 1 is 0.500 bits per heavy atom. The van der Waals surface area contributed by atoms with Crippen LogP contribution in [0.1, 0.15) is 82.9 Å². The molecule has 0 unspecified atom stereocenters. The standard InChI is InChI=1S/C22H17N3O4.C15H9NO3.C8H5NO2.C7H5ClO.C6H7N3O/c26-19(14-24-21(28)16-10-12-23-13-11-16)20(27)17-8-4-5-9-18(17)25-22(29)15-6-2-1-3-7-15;17-13-11-8-4-5-9-12(11)16(15(13)19)14(18)10-6-2-1-3-7-10;10-7-5-3-1-2-4-6(5)9-8(7)11;8-7(9)6-4-2-1-3-5-6;7-9-6(10)5-1-3-8-4-2-5/h1-13H,14H2,(H,24,28)(H,25,29);1-9H;1-4H,(H,9,10,11);1-5H;1-4H,7H2,(H,9,10). The summed E-state index contributed by atoms with van der Waals surface area (Å²) in [5.74, 6) is -0.802. The number of nitrogens with zero attached hydrogens (tertiary/aromatic N) is 3. The second-order valence-corrected chi connectivity index (χ2v) is 16.2. The minimum atomic E-state index is -0.802. The van der Waals surface area contributed by atoms with Gasteiger partial charge in [-0.2, -0.15) is 0 Å². The summed E-state index contributed by atoms with van der Waals surface area (Å²) in [5, 5.41) is 7.11. The zero-order valence-electron chi connectivity index (χ0n) is 40.7. The van der Waals surface area contributed by atoms with Crippen molar-refractivity contribution in [2.45, 2.75) is 0 Å². The number of halogens is 1. The number of benzene rings is 6. The van der Waals surface area contributed by atoms with E-state index in [0.29, 0.717) is 44.8 Å². The Morgan fingerprint density at radius 2 is 0.974 bits per heavy atom. The van der Waals surface area contributed by atoms with Crippen molar-refractivity contribution in [2.24, 2.45) is 5.84 Å². The van der Waals surface area contributed by atoms with Gasteiger partial charge in [-0.05, 0) is 96.5 Å². The average molecular weight is 1060 g/mol. The summed E-state index contributed by atoms with van der Waals surface area (Å²) in [6.45, 7) is -0.457. The van der Waals surface area contributed by atoms with Crippen LogP contribution in [-0.2, 0) is 14.4 Å². The summed E-state index contributed by atoms with van der Waals surface area (Å²) in [6, 6.07) is 51.4. The van der Waals surface area contributed by atoms with E-state index in [1.54, 1.807) is 158 Å². The number of Topliss-reactive ketones (excluding diaryl/α,β-unsaturated/α-hetero) is 4. The molecule has 4 heterocycles. The molecule has 388 valence electrons. The Balaban J connectivity index is 0.000000171. The summed E-state index contributed by atoms with van der Waals surface area (Å²) in [5.41, 5.74) is 6.18. The molecule has 0 saturated carbocycles. The van der Waals surface area contributed by atoms with Gasteiger partial charge in [0.1, 0.15) is 0 Å². The zero-order chi connectivity index (χ0) is 56.0. The Hall–Kier alpha value is -10.8. The van der Waals surface area contributed by atoms with Crippen LogP contribution in [0.5, 0.6) is 0 Å². The Bertz CT molecular complexity index is 3520. The van der Waals surface area contributed by atoms with Crippen LogP contribution in [0.25, 0.3) is 0 Å². The summed E-state index contributed by atoms with van der Waals surface area (Å²) >= 11 is 5.16. The van der Waals surface area contributed by atoms with Crippen molar-refractivity contribution in [3.8, 4) is 0 Å². The molecule has 6 amide bonds. The van der Waals surface area contributed by atoms with E-state index in [4.69, 9.17) is 17.4 Å². The lowest BCUT2D eigenvalue weighted by molar-refractivity contribution is -0.114. The molecule has 10 rings (SSSR count). The van der Waals surface area contributed by atoms with Gasteiger partial charge in [-0.3, -0.25) is 68.1 Å². The highest BCUT2D eigenvalue weighted by molar-refractivity contribution is 6.67. The second kappa shape index (κ2) is 28.1. The molecule has 0 atom stereocenters. The van der Waals surface area contributed by atoms with E-state index in [2.05, 4.69) is 25.9 Å². The first-order chi connectivity index (χ1) is 37.7. The molecule has 2 aliphatic heterocycles. The van der Waals surface area contributed by atoms with E-state index >= 15 is 0 Å². The van der Waals surface area contributed by atoms with Crippen LogP contribution >= 0.6 is 11.6 Å². The van der Waals surface area contributed by atoms with Gasteiger partial charge in [-0.1, -0.05) is 103 Å². The second-order valence-electron chi connectivity index (χ2n) is 15.9. The Morgan fingerprint density at radius 3 is 1.53 bits per heavy atom. The van der Waals surface area contributed by atoms with Crippen molar-refractivity contribution in [3.63, 3.8) is 0 Å². The van der Waals surface area contributed by atoms with E-state index in [1.807, 2.05) is 11.5 Å². The number of amides is 6. The van der Waals surface area contributed by atoms with Gasteiger partial charge in [-0.15, -0.1) is 0 Å². The number of hydrogen-bond acceptors (Lipinski definition) is 14. The highest BCUT2D eigenvalue weighted by Crippen LogP contribution is 2.30. The average Bonchev–Trinajstić information content (AvgIpc) is 3.97. The number of hydrogen-bond donors (Lipinski definition) is 5. The SMILES string of the molecule is NNC(=O)c1ccncc1.O=C(CNC(=O)c1ccncc1)C(=O)c1ccccc1NC(=O)c1ccccc1.O=C(Cl)c1ccccc1.O=C1C(=O)N(C(=O)c2ccccc2)c2ccccc21.O=C1Nc2ccccc2C1=O. The molecule has 0 spiro atoms. The van der Waals surface area contributed by atoms with Crippen molar-refractivity contribution in [1.29, 1.82) is 0 Å². The van der Waals surface area contributed by atoms with Crippen LogP contribution < -0.4 is 32.1 Å². The van der Waals surface area contributed by atoms with Crippen LogP contribution in [0.4, 0.5) is 17.1 Å². The highest BCUT2D eigenvalue weighted by atomic mass is 35.5. The van der Waals surface area contributed by atoms with Crippen molar-refractivity contribution in [3.05, 3.63) is 257 Å². The maximum Gasteiger partial charge on any atom is 0.306 e. The number of hydrazine groups is 1. The van der Waals surface area contributed by atoms with Crippen molar-refractivity contribution < 1.29 is 52.7 Å². The van der Waals surface area contributed by atoms with Crippen molar-refractivity contribution >= 4 is 92.5 Å². The molecule has 0 bridgehead atoms. The number of anilines is 3. The van der Waals surface area contributed by atoms with Gasteiger partial charge in [0.25, 0.3) is 46.3 Å². The van der Waals surface area contributed by atoms with Gasteiger partial charge in [-0.25, -0.2) is 10.7 Å². The minimum Gasteiger partial charge on any atom is -0.344 e. The molecule has 0 fully saturated rings. The first kappa shape index (κ1) is 56.5. The topological polar surface area (TPSA) is 291 Å². The number of aromatic nitrogens is 2. The largest absolute Gasteiger partial charge is 0.344 e. The molecule has 20 heteroatoms. The third kappa shape index (κ3) is 15.2. The van der Waals surface area contributed by atoms with Gasteiger partial charge >= 0.3 is 5.91 Å². The van der Waals surface area contributed by atoms with Crippen LogP contribution in [0.2, 0.25) is 0 Å². The normalized spacial score (nSPS) is 11.3. The van der Waals surface area contributed by atoms with Gasteiger partial charge in [0.15, 0.2) is 0 Å². The number of carbonyl (C=O) groups excluding carboxylic acids is 11. The fourth-order valence-electron chi connectivity index (χ4n) is 6.92. The van der Waals surface area contributed by atoms with Crippen LogP contribution in [-0.4, -0.2) is 80.3 Å². The van der Waals surface area contributed by atoms with Gasteiger partial charge < -0.3 is 16.0 Å². The van der Waals surface area contributed by atoms with Gasteiger partial charge in [0, 0.05) is 58.2 Å². The quantitative estimate of drug-likeness (QED) is 0.0173. The first-order valence-electron chi connectivity index (χ1n) is 23.1. The fourth-order valence-corrected chi connectivity index (χ4v) is 7.04. The van der Waals surface area contributed by atoms with E-state index < -0.39 is 64.5 Å². The monoisotopic (exact) mass is 1060 g/mol. The van der Waals surface area contributed by atoms with Crippen molar-refractivity contribution in [1.82, 2.24) is 20.7 Å². The summed E-state index contributed by atoms with van der Waals surface area (Å²) in [6.07, 6.45) is 5.97. The number of ketones is 4. The Kier molecular flexibility index (Phi) is 20.3. The number of carbonyl (C=O) groups is 11. The third-order valence-corrected chi connectivity index (χ3v) is 11.0. The number of fused-ring (bicyclic) bond motifs is 2. The number of nitrogens with one attached hydrogen (secondary N) is 4. The Labute approximate surface area is 449 Å². The minimum absolute atomic E-state index is 0.0555. The predicted molar refractivity (Wildman–Crippen MR) is 288 cm³/mol. The molecule has 19 nitrogen and oxygen atoms in total. The number of nitrogen functional groups attached to an aromatic ring is 1. The van der Waals surface area contributed by atoms with E-state index in [1.165, 1.54) is 49.1 Å². The zero-order valence-corrected chi connectivity index (χ0v) is 41.5. The summed E-state index contributed by atoms with van der Waals surface area (Å²) in [7, 11) is 0. The first-order valence-corrected chi connectivity index (χ1v) is 23.5.